The number of ether oxygens (including phenoxy) is 2. The maximum Gasteiger partial charge on any atom is 0.188 e. The Kier molecular flexibility index (Phi) is 9.23. The zero-order chi connectivity index (χ0) is 17.9. The first kappa shape index (κ1) is 20.3. The molecular formula is C18H25ClFNO3. The van der Waals surface area contributed by atoms with Gasteiger partial charge in [0.1, 0.15) is 24.7 Å². The largest absolute Gasteiger partial charge is 0.493 e. The summed E-state index contributed by atoms with van der Waals surface area (Å²) in [6.45, 7) is 8.93. The van der Waals surface area contributed by atoms with E-state index in [1.807, 2.05) is 39.8 Å². The first-order valence-corrected chi connectivity index (χ1v) is 8.35. The molecule has 0 aliphatic rings. The lowest BCUT2D eigenvalue weighted by Crippen LogP contribution is -2.05. The van der Waals surface area contributed by atoms with Crippen LogP contribution in [-0.4, -0.2) is 25.5 Å². The standard InChI is InChI=1S/C18H25ClFNO3/c1-5-15-12-16(22-10-7-17(19)20)11-14(4)18(15)23-8-6-9-24-21-13(2)3/h7,11-12H,5-6,8-10H2,1-4H3/b17-7-. The van der Waals surface area contributed by atoms with E-state index < -0.39 is 5.29 Å². The molecule has 1 aromatic rings. The number of nitrogens with zero attached hydrogens (tertiary/aromatic N) is 1. The quantitative estimate of drug-likeness (QED) is 0.329. The third-order valence-corrected chi connectivity index (χ3v) is 3.22. The Bertz CT molecular complexity index is 580. The molecule has 0 heterocycles. The second-order valence-corrected chi connectivity index (χ2v) is 5.82. The number of hydrogen-bond acceptors (Lipinski definition) is 4. The van der Waals surface area contributed by atoms with Crippen LogP contribution in [0.2, 0.25) is 0 Å². The summed E-state index contributed by atoms with van der Waals surface area (Å²) in [6.07, 6.45) is 2.73. The van der Waals surface area contributed by atoms with Gasteiger partial charge >= 0.3 is 0 Å². The average Bonchev–Trinajstić information content (AvgIpc) is 2.51. The van der Waals surface area contributed by atoms with Crippen molar-refractivity contribution in [2.45, 2.75) is 40.5 Å². The number of oxime groups is 1. The summed E-state index contributed by atoms with van der Waals surface area (Å²) in [5.74, 6) is 1.53. The third-order valence-electron chi connectivity index (χ3n) is 3.07. The van der Waals surface area contributed by atoms with Crippen LogP contribution in [0.5, 0.6) is 11.5 Å². The molecule has 0 atom stereocenters. The van der Waals surface area contributed by atoms with E-state index in [0.29, 0.717) is 19.0 Å². The summed E-state index contributed by atoms with van der Waals surface area (Å²) in [5, 5.41) is 3.11. The number of benzene rings is 1. The first-order valence-electron chi connectivity index (χ1n) is 7.97. The molecule has 0 N–H and O–H groups in total. The Balaban J connectivity index is 2.60. The lowest BCUT2D eigenvalue weighted by molar-refractivity contribution is 0.127. The number of rotatable bonds is 10. The van der Waals surface area contributed by atoms with Crippen molar-refractivity contribution in [3.8, 4) is 11.5 Å². The van der Waals surface area contributed by atoms with E-state index in [0.717, 1.165) is 35.4 Å². The van der Waals surface area contributed by atoms with Crippen molar-refractivity contribution in [1.29, 1.82) is 0 Å². The van der Waals surface area contributed by atoms with E-state index >= 15 is 0 Å². The zero-order valence-electron chi connectivity index (χ0n) is 14.7. The van der Waals surface area contributed by atoms with Gasteiger partial charge < -0.3 is 14.3 Å². The maximum absolute atomic E-state index is 12.5. The molecule has 6 heteroatoms. The average molecular weight is 358 g/mol. The zero-order valence-corrected chi connectivity index (χ0v) is 15.5. The molecule has 1 rings (SSSR count). The van der Waals surface area contributed by atoms with Gasteiger partial charge in [-0.15, -0.1) is 0 Å². The van der Waals surface area contributed by atoms with Crippen LogP contribution >= 0.6 is 11.6 Å². The lowest BCUT2D eigenvalue weighted by Gasteiger charge is -2.15. The van der Waals surface area contributed by atoms with Crippen molar-refractivity contribution >= 4 is 17.3 Å². The molecule has 4 nitrogen and oxygen atoms in total. The summed E-state index contributed by atoms with van der Waals surface area (Å²) in [4.78, 5) is 5.14. The summed E-state index contributed by atoms with van der Waals surface area (Å²) in [6, 6.07) is 3.78. The number of halogens is 2. The molecule has 0 spiro atoms. The molecule has 0 bridgehead atoms. The lowest BCUT2D eigenvalue weighted by atomic mass is 10.1. The summed E-state index contributed by atoms with van der Waals surface area (Å²) >= 11 is 5.15. The molecule has 0 aromatic heterocycles. The van der Waals surface area contributed by atoms with Gasteiger partial charge in [-0.05, 0) is 50.5 Å². The fourth-order valence-electron chi connectivity index (χ4n) is 2.04. The van der Waals surface area contributed by atoms with E-state index in [1.54, 1.807) is 0 Å². The highest BCUT2D eigenvalue weighted by Crippen LogP contribution is 2.30. The Hall–Kier alpha value is -1.75. The van der Waals surface area contributed by atoms with E-state index in [9.17, 15) is 4.39 Å². The normalized spacial score (nSPS) is 11.2. The van der Waals surface area contributed by atoms with Crippen LogP contribution < -0.4 is 9.47 Å². The minimum atomic E-state index is -0.771. The molecule has 0 amide bonds. The predicted molar refractivity (Wildman–Crippen MR) is 95.9 cm³/mol. The van der Waals surface area contributed by atoms with E-state index in [2.05, 4.69) is 5.16 Å². The second kappa shape index (κ2) is 10.9. The Morgan fingerprint density at radius 2 is 2.00 bits per heavy atom. The van der Waals surface area contributed by atoms with Gasteiger partial charge in [0.05, 0.1) is 12.3 Å². The molecular weight excluding hydrogens is 333 g/mol. The monoisotopic (exact) mass is 357 g/mol. The Morgan fingerprint density at radius 1 is 1.25 bits per heavy atom. The van der Waals surface area contributed by atoms with Gasteiger partial charge in [0.25, 0.3) is 0 Å². The van der Waals surface area contributed by atoms with Crippen LogP contribution in [0.15, 0.2) is 28.7 Å². The molecule has 134 valence electrons. The number of hydrogen-bond donors (Lipinski definition) is 0. The predicted octanol–water partition coefficient (Wildman–Crippen LogP) is 5.17. The van der Waals surface area contributed by atoms with Crippen molar-refractivity contribution < 1.29 is 18.7 Å². The van der Waals surface area contributed by atoms with Crippen molar-refractivity contribution in [1.82, 2.24) is 0 Å². The van der Waals surface area contributed by atoms with Gasteiger partial charge in [0.15, 0.2) is 5.29 Å². The van der Waals surface area contributed by atoms with Crippen molar-refractivity contribution in [2.75, 3.05) is 19.8 Å². The second-order valence-electron chi connectivity index (χ2n) is 5.46. The topological polar surface area (TPSA) is 40.0 Å². The molecule has 0 radical (unpaired) electrons. The molecule has 0 saturated heterocycles. The smallest absolute Gasteiger partial charge is 0.188 e. The molecule has 0 aliphatic carbocycles. The van der Waals surface area contributed by atoms with E-state index in [4.69, 9.17) is 25.9 Å². The summed E-state index contributed by atoms with van der Waals surface area (Å²) in [7, 11) is 0. The Morgan fingerprint density at radius 3 is 2.62 bits per heavy atom. The first-order chi connectivity index (χ1) is 11.4. The van der Waals surface area contributed by atoms with Crippen LogP contribution in [0, 0.1) is 6.92 Å². The fourth-order valence-corrected chi connectivity index (χ4v) is 2.10. The molecule has 0 fully saturated rings. The van der Waals surface area contributed by atoms with Crippen LogP contribution in [0.3, 0.4) is 0 Å². The van der Waals surface area contributed by atoms with Gasteiger partial charge in [-0.2, -0.15) is 4.39 Å². The highest BCUT2D eigenvalue weighted by molar-refractivity contribution is 6.28. The minimum Gasteiger partial charge on any atom is -0.493 e. The van der Waals surface area contributed by atoms with Crippen molar-refractivity contribution in [3.63, 3.8) is 0 Å². The van der Waals surface area contributed by atoms with Gasteiger partial charge in [-0.3, -0.25) is 0 Å². The third kappa shape index (κ3) is 7.68. The molecule has 0 aliphatic heterocycles. The maximum atomic E-state index is 12.5. The van der Waals surface area contributed by atoms with Gasteiger partial charge in [-0.25, -0.2) is 0 Å². The van der Waals surface area contributed by atoms with Gasteiger partial charge in [0.2, 0.25) is 0 Å². The van der Waals surface area contributed by atoms with Crippen LogP contribution in [0.4, 0.5) is 4.39 Å². The fraction of sp³-hybridized carbons (Fsp3) is 0.500. The van der Waals surface area contributed by atoms with Gasteiger partial charge in [-0.1, -0.05) is 23.7 Å². The van der Waals surface area contributed by atoms with Crippen molar-refractivity contribution in [2.24, 2.45) is 5.16 Å². The number of aryl methyl sites for hydroxylation is 2. The highest BCUT2D eigenvalue weighted by atomic mass is 35.5. The van der Waals surface area contributed by atoms with Crippen LogP contribution in [0.1, 0.15) is 38.3 Å². The van der Waals surface area contributed by atoms with E-state index in [-0.39, 0.29) is 6.61 Å². The summed E-state index contributed by atoms with van der Waals surface area (Å²) < 4.78 is 23.8. The molecule has 0 saturated carbocycles. The van der Waals surface area contributed by atoms with Crippen molar-refractivity contribution in [3.05, 3.63) is 34.6 Å². The minimum absolute atomic E-state index is 0.0901. The Labute approximate surface area is 148 Å². The molecule has 1 aromatic carbocycles. The highest BCUT2D eigenvalue weighted by Gasteiger charge is 2.09. The van der Waals surface area contributed by atoms with Gasteiger partial charge in [0, 0.05) is 12.5 Å². The summed E-state index contributed by atoms with van der Waals surface area (Å²) in [5.41, 5.74) is 2.91. The van der Waals surface area contributed by atoms with Crippen LogP contribution in [0.25, 0.3) is 0 Å². The SMILES string of the molecule is CCc1cc(OC/C=C(\F)Cl)cc(C)c1OCCCON=C(C)C. The van der Waals surface area contributed by atoms with Crippen LogP contribution in [-0.2, 0) is 11.3 Å². The van der Waals surface area contributed by atoms with E-state index in [1.165, 1.54) is 6.08 Å². The molecule has 0 unspecified atom stereocenters. The molecule has 24 heavy (non-hydrogen) atoms.